The fourth-order valence-electron chi connectivity index (χ4n) is 2.59. The second-order valence-electron chi connectivity index (χ2n) is 5.73. The highest BCUT2D eigenvalue weighted by atomic mass is 16.7. The van der Waals surface area contributed by atoms with Crippen molar-refractivity contribution in [3.8, 4) is 0 Å². The summed E-state index contributed by atoms with van der Waals surface area (Å²) in [4.78, 5) is 0. The van der Waals surface area contributed by atoms with E-state index >= 15 is 0 Å². The van der Waals surface area contributed by atoms with E-state index in [4.69, 9.17) is 24.4 Å². The maximum absolute atomic E-state index is 10.1. The van der Waals surface area contributed by atoms with Crippen LogP contribution in [0.15, 0.2) is 0 Å². The van der Waals surface area contributed by atoms with Gasteiger partial charge in [0.05, 0.1) is 19.8 Å². The molecule has 2 saturated heterocycles. The van der Waals surface area contributed by atoms with Gasteiger partial charge in [-0.2, -0.15) is 0 Å². The topological polar surface area (TPSA) is 190 Å². The summed E-state index contributed by atoms with van der Waals surface area (Å²) in [6.45, 7) is -2.63. The summed E-state index contributed by atoms with van der Waals surface area (Å²) in [7, 11) is 0. The van der Waals surface area contributed by atoms with Gasteiger partial charge in [-0.25, -0.2) is 0 Å². The zero-order chi connectivity index (χ0) is 17.4. The molecule has 0 amide bonds. The van der Waals surface area contributed by atoms with Crippen molar-refractivity contribution >= 4 is 0 Å². The van der Waals surface area contributed by atoms with Gasteiger partial charge in [-0.15, -0.1) is 0 Å². The van der Waals surface area contributed by atoms with Crippen LogP contribution in [-0.2, 0) is 14.2 Å². The van der Waals surface area contributed by atoms with Gasteiger partial charge in [0.1, 0.15) is 43.2 Å². The van der Waals surface area contributed by atoms with Gasteiger partial charge in [0, 0.05) is 0 Å². The monoisotopic (exact) mass is 342 g/mol. The third-order valence-corrected chi connectivity index (χ3v) is 4.04. The van der Waals surface area contributed by atoms with E-state index in [1.54, 1.807) is 0 Å². The lowest BCUT2D eigenvalue weighted by Crippen LogP contribution is -2.47. The molecule has 23 heavy (non-hydrogen) atoms. The molecule has 136 valence electrons. The molecule has 0 spiro atoms. The average molecular weight is 342 g/mol. The van der Waals surface area contributed by atoms with Crippen molar-refractivity contribution in [2.75, 3.05) is 26.4 Å². The molecule has 0 unspecified atom stereocenters. The Kier molecular flexibility index (Phi) is 5.60. The summed E-state index contributed by atoms with van der Waals surface area (Å²) < 4.78 is 14.9. The molecular weight excluding hydrogens is 320 g/mol. The first-order chi connectivity index (χ1) is 10.7. The normalized spacial score (nSPS) is 50.6. The van der Waals surface area contributed by atoms with E-state index in [0.29, 0.717) is 0 Å². The van der Waals surface area contributed by atoms with Crippen molar-refractivity contribution in [2.24, 2.45) is 0 Å². The first-order valence-electron chi connectivity index (χ1n) is 7.00. The molecule has 2 heterocycles. The molecule has 0 saturated carbocycles. The Balaban J connectivity index is 1.88. The van der Waals surface area contributed by atoms with Crippen molar-refractivity contribution in [3.05, 3.63) is 0 Å². The van der Waals surface area contributed by atoms with Gasteiger partial charge in [-0.1, -0.05) is 0 Å². The maximum Gasteiger partial charge on any atom is 0.219 e. The van der Waals surface area contributed by atoms with Crippen LogP contribution >= 0.6 is 0 Å². The van der Waals surface area contributed by atoms with Gasteiger partial charge in [0.2, 0.25) is 11.6 Å². The van der Waals surface area contributed by atoms with E-state index in [-0.39, 0.29) is 0 Å². The summed E-state index contributed by atoms with van der Waals surface area (Å²) in [5, 5.41) is 76.3. The first-order valence-corrected chi connectivity index (χ1v) is 7.00. The van der Waals surface area contributed by atoms with Crippen LogP contribution in [0.1, 0.15) is 0 Å². The highest BCUT2D eigenvalue weighted by molar-refractivity contribution is 4.97. The highest BCUT2D eigenvalue weighted by Gasteiger charge is 2.55. The lowest BCUT2D eigenvalue weighted by Gasteiger charge is -2.26. The van der Waals surface area contributed by atoms with Gasteiger partial charge >= 0.3 is 0 Å². The van der Waals surface area contributed by atoms with Gasteiger partial charge in [0.25, 0.3) is 0 Å². The summed E-state index contributed by atoms with van der Waals surface area (Å²) in [5.74, 6) is -4.60. The molecule has 0 bridgehead atoms. The van der Waals surface area contributed by atoms with Crippen LogP contribution in [0.25, 0.3) is 0 Å². The predicted octanol–water partition coefficient (Wildman–Crippen LogP) is -5.39. The molecule has 8 atom stereocenters. The maximum atomic E-state index is 10.1. The third kappa shape index (κ3) is 3.36. The second kappa shape index (κ2) is 6.82. The zero-order valence-electron chi connectivity index (χ0n) is 12.1. The fraction of sp³-hybridized carbons (Fsp3) is 1.00. The summed E-state index contributed by atoms with van der Waals surface area (Å²) in [5.41, 5.74) is 0. The Bertz CT molecular complexity index is 408. The predicted molar refractivity (Wildman–Crippen MR) is 68.7 cm³/mol. The SMILES string of the molecule is OC[C@H]1O[C@](O)(COC[C@H]2O[C@](O)(CO)[C@@H](O)[C@@H]2O)[C@@H](O)[C@@H]1O. The standard InChI is InChI=1S/C12H22O11/c13-1-5-7(15)10(18)12(20,22-5)4-21-2-6-8(16)9(17)11(19,3-14)23-6/h5-10,13-20H,1-4H2/t5-,6-,7-,8-,9+,10+,11-,12-/m1/s1. The molecule has 0 aromatic heterocycles. The average Bonchev–Trinajstić information content (AvgIpc) is 2.88. The van der Waals surface area contributed by atoms with E-state index in [2.05, 4.69) is 0 Å². The number of hydrogen-bond donors (Lipinski definition) is 8. The number of rotatable bonds is 6. The number of aliphatic hydroxyl groups is 8. The van der Waals surface area contributed by atoms with E-state index in [9.17, 15) is 30.6 Å². The number of hydrogen-bond acceptors (Lipinski definition) is 11. The minimum Gasteiger partial charge on any atom is -0.394 e. The van der Waals surface area contributed by atoms with Crippen molar-refractivity contribution < 1.29 is 55.1 Å². The molecule has 0 radical (unpaired) electrons. The van der Waals surface area contributed by atoms with E-state index in [1.165, 1.54) is 0 Å². The first kappa shape index (κ1) is 18.9. The van der Waals surface area contributed by atoms with Crippen molar-refractivity contribution in [2.45, 2.75) is 48.2 Å². The highest BCUT2D eigenvalue weighted by Crippen LogP contribution is 2.31. The van der Waals surface area contributed by atoms with Crippen LogP contribution < -0.4 is 0 Å². The molecule has 0 aliphatic carbocycles. The van der Waals surface area contributed by atoms with E-state index in [1.807, 2.05) is 0 Å². The molecular formula is C12H22O11. The van der Waals surface area contributed by atoms with Crippen LogP contribution in [0.3, 0.4) is 0 Å². The molecule has 0 aromatic rings. The van der Waals surface area contributed by atoms with Crippen molar-refractivity contribution in [1.29, 1.82) is 0 Å². The second-order valence-corrected chi connectivity index (χ2v) is 5.73. The summed E-state index contributed by atoms with van der Waals surface area (Å²) in [6, 6.07) is 0. The quantitative estimate of drug-likeness (QED) is 0.230. The lowest BCUT2D eigenvalue weighted by molar-refractivity contribution is -0.268. The smallest absolute Gasteiger partial charge is 0.219 e. The van der Waals surface area contributed by atoms with Gasteiger partial charge in [0.15, 0.2) is 0 Å². The lowest BCUT2D eigenvalue weighted by atomic mass is 10.1. The van der Waals surface area contributed by atoms with Gasteiger partial charge < -0.3 is 55.1 Å². The van der Waals surface area contributed by atoms with Crippen LogP contribution in [0.5, 0.6) is 0 Å². The van der Waals surface area contributed by atoms with Crippen LogP contribution in [-0.4, -0.2) is 115 Å². The molecule has 11 nitrogen and oxygen atoms in total. The largest absolute Gasteiger partial charge is 0.394 e. The van der Waals surface area contributed by atoms with Crippen molar-refractivity contribution in [3.63, 3.8) is 0 Å². The third-order valence-electron chi connectivity index (χ3n) is 4.04. The zero-order valence-corrected chi connectivity index (χ0v) is 12.1. The molecule has 8 N–H and O–H groups in total. The van der Waals surface area contributed by atoms with Crippen LogP contribution in [0, 0.1) is 0 Å². The molecule has 0 aromatic carbocycles. The Morgan fingerprint density at radius 1 is 0.826 bits per heavy atom. The Morgan fingerprint density at radius 3 is 1.83 bits per heavy atom. The van der Waals surface area contributed by atoms with Gasteiger partial charge in [-0.05, 0) is 0 Å². The number of ether oxygens (including phenoxy) is 3. The minimum atomic E-state index is -2.33. The molecule has 2 aliphatic heterocycles. The Hall–Kier alpha value is -0.440. The summed E-state index contributed by atoms with van der Waals surface area (Å²) in [6.07, 6.45) is -8.93. The van der Waals surface area contributed by atoms with Crippen LogP contribution in [0.4, 0.5) is 0 Å². The van der Waals surface area contributed by atoms with E-state index < -0.39 is 74.6 Å². The van der Waals surface area contributed by atoms with Crippen molar-refractivity contribution in [1.82, 2.24) is 0 Å². The minimum absolute atomic E-state index is 0.418. The summed E-state index contributed by atoms with van der Waals surface area (Å²) >= 11 is 0. The number of aliphatic hydroxyl groups excluding tert-OH is 6. The molecule has 11 heteroatoms. The molecule has 2 rings (SSSR count). The van der Waals surface area contributed by atoms with Crippen LogP contribution in [0.2, 0.25) is 0 Å². The van der Waals surface area contributed by atoms with E-state index in [0.717, 1.165) is 0 Å². The van der Waals surface area contributed by atoms with Gasteiger partial charge in [-0.3, -0.25) is 0 Å². The molecule has 2 fully saturated rings. The fourth-order valence-corrected chi connectivity index (χ4v) is 2.59. The Labute approximate surface area is 130 Å². The molecule has 2 aliphatic rings. The Morgan fingerprint density at radius 2 is 1.35 bits per heavy atom.